The molecular formula is C10H10N2O5. The highest BCUT2D eigenvalue weighted by Gasteiger charge is 2.30. The summed E-state index contributed by atoms with van der Waals surface area (Å²) in [5, 5.41) is 13.5. The van der Waals surface area contributed by atoms with Crippen molar-refractivity contribution in [1.82, 2.24) is 0 Å². The van der Waals surface area contributed by atoms with E-state index in [4.69, 9.17) is 9.47 Å². The standard InChI is InChI=1S/C10H10N2O5/c1-6(12(14)15)10(11-13)7-2-3-8-9(4-7)17-5-16-8/h2-4,6,10H,5H2,1H3. The Labute approximate surface area is 96.5 Å². The van der Waals surface area contributed by atoms with Crippen LogP contribution in [-0.2, 0) is 0 Å². The summed E-state index contributed by atoms with van der Waals surface area (Å²) < 4.78 is 10.2. The molecule has 1 aromatic rings. The van der Waals surface area contributed by atoms with Crippen molar-refractivity contribution in [3.05, 3.63) is 38.8 Å². The Morgan fingerprint density at radius 1 is 1.41 bits per heavy atom. The largest absolute Gasteiger partial charge is 0.454 e. The summed E-state index contributed by atoms with van der Waals surface area (Å²) in [5.74, 6) is 1.04. The minimum atomic E-state index is -1.08. The van der Waals surface area contributed by atoms with Crippen molar-refractivity contribution >= 4 is 0 Å². The molecule has 0 spiro atoms. The molecule has 90 valence electrons. The fraction of sp³-hybridized carbons (Fsp3) is 0.400. The molecule has 7 nitrogen and oxygen atoms in total. The number of nitro groups is 1. The molecule has 2 unspecified atom stereocenters. The summed E-state index contributed by atoms with van der Waals surface area (Å²) in [7, 11) is 0. The maximum Gasteiger partial charge on any atom is 0.240 e. The Morgan fingerprint density at radius 3 is 2.76 bits per heavy atom. The van der Waals surface area contributed by atoms with Crippen molar-refractivity contribution in [1.29, 1.82) is 0 Å². The number of benzene rings is 1. The molecule has 1 aliphatic heterocycles. The molecular weight excluding hydrogens is 228 g/mol. The van der Waals surface area contributed by atoms with Crippen LogP contribution in [0.1, 0.15) is 18.5 Å². The zero-order chi connectivity index (χ0) is 12.4. The lowest BCUT2D eigenvalue weighted by Gasteiger charge is -2.11. The molecule has 0 bridgehead atoms. The summed E-state index contributed by atoms with van der Waals surface area (Å²) in [5.41, 5.74) is 0.452. The average molecular weight is 238 g/mol. The Kier molecular flexibility index (Phi) is 2.90. The van der Waals surface area contributed by atoms with E-state index in [0.29, 0.717) is 17.1 Å². The van der Waals surface area contributed by atoms with Gasteiger partial charge in [0.05, 0.1) is 0 Å². The molecule has 17 heavy (non-hydrogen) atoms. The number of hydrogen-bond acceptors (Lipinski definition) is 6. The second-order valence-electron chi connectivity index (χ2n) is 3.69. The van der Waals surface area contributed by atoms with Gasteiger partial charge >= 0.3 is 0 Å². The van der Waals surface area contributed by atoms with Gasteiger partial charge in [-0.15, -0.1) is 4.91 Å². The van der Waals surface area contributed by atoms with Crippen LogP contribution in [0.15, 0.2) is 23.4 Å². The Morgan fingerprint density at radius 2 is 2.12 bits per heavy atom. The van der Waals surface area contributed by atoms with E-state index >= 15 is 0 Å². The molecule has 0 radical (unpaired) electrons. The molecule has 0 aliphatic carbocycles. The molecule has 1 aromatic carbocycles. The lowest BCUT2D eigenvalue weighted by Crippen LogP contribution is -2.22. The van der Waals surface area contributed by atoms with Crippen LogP contribution >= 0.6 is 0 Å². The molecule has 0 saturated carbocycles. The molecule has 1 heterocycles. The Balaban J connectivity index is 2.31. The monoisotopic (exact) mass is 238 g/mol. The zero-order valence-electron chi connectivity index (χ0n) is 9.03. The van der Waals surface area contributed by atoms with Crippen molar-refractivity contribution in [3.63, 3.8) is 0 Å². The SMILES string of the molecule is CC(C(N=O)c1ccc2c(c1)OCO2)[N+](=O)[O-]. The van der Waals surface area contributed by atoms with E-state index in [9.17, 15) is 15.0 Å². The molecule has 0 saturated heterocycles. The summed E-state index contributed by atoms with van der Waals surface area (Å²) >= 11 is 0. The fourth-order valence-corrected chi connectivity index (χ4v) is 1.64. The van der Waals surface area contributed by atoms with E-state index < -0.39 is 17.0 Å². The number of nitrogens with zero attached hydrogens (tertiary/aromatic N) is 2. The highest BCUT2D eigenvalue weighted by atomic mass is 16.7. The predicted molar refractivity (Wildman–Crippen MR) is 57.6 cm³/mol. The normalized spacial score (nSPS) is 16.3. The van der Waals surface area contributed by atoms with Crippen LogP contribution in [0, 0.1) is 15.0 Å². The van der Waals surface area contributed by atoms with Gasteiger partial charge in [-0.3, -0.25) is 10.1 Å². The van der Waals surface area contributed by atoms with Gasteiger partial charge in [0.2, 0.25) is 12.8 Å². The van der Waals surface area contributed by atoms with Crippen LogP contribution in [0.2, 0.25) is 0 Å². The van der Waals surface area contributed by atoms with Crippen molar-refractivity contribution in [2.75, 3.05) is 6.79 Å². The summed E-state index contributed by atoms with van der Waals surface area (Å²) in [6.45, 7) is 1.46. The summed E-state index contributed by atoms with van der Waals surface area (Å²) in [4.78, 5) is 20.9. The molecule has 2 atom stereocenters. The van der Waals surface area contributed by atoms with E-state index in [1.54, 1.807) is 18.2 Å². The first-order chi connectivity index (χ1) is 8.13. The fourth-order valence-electron chi connectivity index (χ4n) is 1.64. The van der Waals surface area contributed by atoms with E-state index in [1.807, 2.05) is 0 Å². The van der Waals surface area contributed by atoms with Crippen LogP contribution < -0.4 is 9.47 Å². The first-order valence-electron chi connectivity index (χ1n) is 4.99. The van der Waals surface area contributed by atoms with Crippen molar-refractivity contribution in [3.8, 4) is 11.5 Å². The Hall–Kier alpha value is -2.18. The minimum absolute atomic E-state index is 0.114. The quantitative estimate of drug-likeness (QED) is 0.453. The van der Waals surface area contributed by atoms with Crippen LogP contribution in [0.4, 0.5) is 0 Å². The van der Waals surface area contributed by atoms with Crippen molar-refractivity contribution in [2.24, 2.45) is 5.18 Å². The van der Waals surface area contributed by atoms with E-state index in [2.05, 4.69) is 5.18 Å². The average Bonchev–Trinajstić information content (AvgIpc) is 2.77. The van der Waals surface area contributed by atoms with Crippen LogP contribution in [0.25, 0.3) is 0 Å². The number of ether oxygens (including phenoxy) is 2. The van der Waals surface area contributed by atoms with Gasteiger partial charge < -0.3 is 9.47 Å². The molecule has 0 amide bonds. The van der Waals surface area contributed by atoms with Gasteiger partial charge in [0.15, 0.2) is 17.5 Å². The molecule has 2 rings (SSSR count). The topological polar surface area (TPSA) is 91.0 Å². The minimum Gasteiger partial charge on any atom is -0.454 e. The second kappa shape index (κ2) is 4.36. The van der Waals surface area contributed by atoms with Gasteiger partial charge in [0.1, 0.15) is 0 Å². The van der Waals surface area contributed by atoms with Crippen LogP contribution in [0.5, 0.6) is 11.5 Å². The highest BCUT2D eigenvalue weighted by Crippen LogP contribution is 2.35. The van der Waals surface area contributed by atoms with Crippen LogP contribution in [0.3, 0.4) is 0 Å². The summed E-state index contributed by atoms with van der Waals surface area (Å²) in [6.07, 6.45) is 0. The lowest BCUT2D eigenvalue weighted by atomic mass is 10.0. The third kappa shape index (κ3) is 2.03. The van der Waals surface area contributed by atoms with Gasteiger partial charge in [-0.1, -0.05) is 11.2 Å². The third-order valence-corrected chi connectivity index (χ3v) is 2.64. The van der Waals surface area contributed by atoms with Gasteiger partial charge in [0, 0.05) is 11.8 Å². The molecule has 1 aliphatic rings. The second-order valence-corrected chi connectivity index (χ2v) is 3.69. The first kappa shape index (κ1) is 11.3. The first-order valence-corrected chi connectivity index (χ1v) is 4.99. The van der Waals surface area contributed by atoms with Gasteiger partial charge in [0.25, 0.3) is 0 Å². The van der Waals surface area contributed by atoms with Gasteiger partial charge in [-0.2, -0.15) is 0 Å². The maximum atomic E-state index is 10.7. The van der Waals surface area contributed by atoms with E-state index in [-0.39, 0.29) is 6.79 Å². The molecule has 0 N–H and O–H groups in total. The van der Waals surface area contributed by atoms with E-state index in [0.717, 1.165) is 0 Å². The number of fused-ring (bicyclic) bond motifs is 1. The maximum absolute atomic E-state index is 10.7. The predicted octanol–water partition coefficient (Wildman–Crippen LogP) is 1.89. The third-order valence-electron chi connectivity index (χ3n) is 2.64. The van der Waals surface area contributed by atoms with Gasteiger partial charge in [-0.05, 0) is 17.7 Å². The van der Waals surface area contributed by atoms with Crippen molar-refractivity contribution in [2.45, 2.75) is 19.0 Å². The molecule has 0 fully saturated rings. The highest BCUT2D eigenvalue weighted by molar-refractivity contribution is 5.45. The number of rotatable bonds is 4. The molecule has 7 heteroatoms. The Bertz CT molecular complexity index is 462. The smallest absolute Gasteiger partial charge is 0.240 e. The zero-order valence-corrected chi connectivity index (χ0v) is 9.03. The lowest BCUT2D eigenvalue weighted by molar-refractivity contribution is -0.522. The number of hydrogen-bond donors (Lipinski definition) is 0. The van der Waals surface area contributed by atoms with Crippen molar-refractivity contribution < 1.29 is 14.4 Å². The summed E-state index contributed by atoms with van der Waals surface area (Å²) in [6, 6.07) is 2.64. The molecule has 0 aromatic heterocycles. The van der Waals surface area contributed by atoms with Crippen LogP contribution in [-0.4, -0.2) is 17.8 Å². The van der Waals surface area contributed by atoms with Gasteiger partial charge in [-0.25, -0.2) is 0 Å². The number of nitroso groups, excluding NO2 is 1. The van der Waals surface area contributed by atoms with E-state index in [1.165, 1.54) is 6.92 Å².